The van der Waals surface area contributed by atoms with Crippen LogP contribution in [0.2, 0.25) is 18.1 Å². The summed E-state index contributed by atoms with van der Waals surface area (Å²) >= 11 is 0. The molecule has 184 valence electrons. The lowest BCUT2D eigenvalue weighted by atomic mass is 9.99. The second-order valence-corrected chi connectivity index (χ2v) is 13.7. The number of hydrogen-bond acceptors (Lipinski definition) is 5. The van der Waals surface area contributed by atoms with Gasteiger partial charge in [-0.2, -0.15) is 0 Å². The summed E-state index contributed by atoms with van der Waals surface area (Å²) in [4.78, 5) is 24.3. The van der Waals surface area contributed by atoms with Gasteiger partial charge in [0.1, 0.15) is 5.75 Å². The molecule has 1 fully saturated rings. The van der Waals surface area contributed by atoms with E-state index in [1.165, 1.54) is 31.0 Å². The zero-order valence-electron chi connectivity index (χ0n) is 20.6. The topological polar surface area (TPSA) is 61.8 Å². The molecule has 0 radical (unpaired) electrons. The molecule has 1 heterocycles. The highest BCUT2D eigenvalue weighted by Crippen LogP contribution is 2.34. The highest BCUT2D eigenvalue weighted by molar-refractivity contribution is 6.92. The monoisotopic (exact) mass is 482 g/mol. The van der Waals surface area contributed by atoms with Crippen LogP contribution in [0.1, 0.15) is 45.1 Å². The Bertz CT molecular complexity index is 873. The molecule has 0 N–H and O–H groups in total. The molecule has 1 aliphatic rings. The number of hydrogen-bond donors (Lipinski definition) is 0. The summed E-state index contributed by atoms with van der Waals surface area (Å²) in [5.41, 5.74) is 1.05. The van der Waals surface area contributed by atoms with E-state index >= 15 is 0 Å². The fourth-order valence-corrected chi connectivity index (χ4v) is 10.2. The maximum atomic E-state index is 12.1. The molecule has 0 aliphatic carbocycles. The van der Waals surface area contributed by atoms with Crippen LogP contribution in [0.15, 0.2) is 54.6 Å². The van der Waals surface area contributed by atoms with Gasteiger partial charge in [-0.3, -0.25) is 9.59 Å². The number of esters is 2. The first-order chi connectivity index (χ1) is 16.6. The molecule has 0 aromatic heterocycles. The van der Waals surface area contributed by atoms with Crippen molar-refractivity contribution in [3.8, 4) is 5.75 Å². The Morgan fingerprint density at radius 1 is 0.882 bits per heavy atom. The second-order valence-electron chi connectivity index (χ2n) is 9.04. The number of aryl methyl sites for hydroxylation is 1. The molecule has 2 aromatic carbocycles. The Morgan fingerprint density at radius 2 is 1.50 bits per heavy atom. The molecule has 0 amide bonds. The number of carbonyl (C=O) groups excluding carboxylic acids is 2. The summed E-state index contributed by atoms with van der Waals surface area (Å²) < 4.78 is 16.1. The fraction of sp³-hybridized carbons (Fsp3) is 0.500. The summed E-state index contributed by atoms with van der Waals surface area (Å²) in [5.74, 6) is -1.05. The van der Waals surface area contributed by atoms with E-state index in [0.29, 0.717) is 12.8 Å². The van der Waals surface area contributed by atoms with Crippen LogP contribution in [0.25, 0.3) is 0 Å². The zero-order chi connectivity index (χ0) is 24.2. The molecule has 1 aliphatic heterocycles. The molecule has 34 heavy (non-hydrogen) atoms. The first-order valence-electron chi connectivity index (χ1n) is 12.7. The Labute approximate surface area is 204 Å². The fourth-order valence-electron chi connectivity index (χ4n) is 5.01. The predicted octanol–water partition coefficient (Wildman–Crippen LogP) is 5.28. The van der Waals surface area contributed by atoms with Gasteiger partial charge in [0.25, 0.3) is 0 Å². The minimum atomic E-state index is -1.36. The van der Waals surface area contributed by atoms with Gasteiger partial charge in [0.2, 0.25) is 0 Å². The van der Waals surface area contributed by atoms with Crippen LogP contribution in [0.3, 0.4) is 0 Å². The first-order valence-corrected chi connectivity index (χ1v) is 15.3. The third-order valence-electron chi connectivity index (χ3n) is 6.80. The van der Waals surface area contributed by atoms with Crippen molar-refractivity contribution < 1.29 is 23.8 Å². The Kier molecular flexibility index (Phi) is 10.2. The standard InChI is InChI=1S/C28H38O5Si/c1-3-31-27(29)26(28(30)32-4-2)18-15-23-13-16-24(17-14-23)33-19-10-22-34(20-8-9-21-34)25-11-6-5-7-12-25/h5-7,11-14,16-17,26H,3-4,8-10,15,18-22H2,1-2H3. The number of benzene rings is 2. The maximum Gasteiger partial charge on any atom is 0.320 e. The third-order valence-corrected chi connectivity index (χ3v) is 12.3. The number of rotatable bonds is 13. The summed E-state index contributed by atoms with van der Waals surface area (Å²) in [6.07, 6.45) is 4.79. The quantitative estimate of drug-likeness (QED) is 0.168. The molecule has 1 saturated heterocycles. The average molecular weight is 483 g/mol. The van der Waals surface area contributed by atoms with Gasteiger partial charge in [0.15, 0.2) is 5.92 Å². The van der Waals surface area contributed by atoms with Gasteiger partial charge in [0, 0.05) is 0 Å². The van der Waals surface area contributed by atoms with E-state index in [4.69, 9.17) is 14.2 Å². The molecule has 2 aromatic rings. The van der Waals surface area contributed by atoms with Gasteiger partial charge in [-0.15, -0.1) is 0 Å². The van der Waals surface area contributed by atoms with Gasteiger partial charge in [-0.1, -0.05) is 72.6 Å². The molecule has 3 rings (SSSR count). The normalized spacial score (nSPS) is 14.7. The van der Waals surface area contributed by atoms with Crippen molar-refractivity contribution in [3.05, 3.63) is 60.2 Å². The van der Waals surface area contributed by atoms with Crippen molar-refractivity contribution in [1.82, 2.24) is 0 Å². The molecular weight excluding hydrogens is 444 g/mol. The first kappa shape index (κ1) is 26.0. The van der Waals surface area contributed by atoms with Crippen molar-refractivity contribution in [1.29, 1.82) is 0 Å². The van der Waals surface area contributed by atoms with Gasteiger partial charge >= 0.3 is 11.9 Å². The van der Waals surface area contributed by atoms with E-state index < -0.39 is 25.9 Å². The van der Waals surface area contributed by atoms with Crippen molar-refractivity contribution in [2.45, 2.75) is 64.1 Å². The molecule has 6 heteroatoms. The molecule has 0 unspecified atom stereocenters. The summed E-state index contributed by atoms with van der Waals surface area (Å²) in [6, 6.07) is 23.2. The SMILES string of the molecule is CCOC(=O)C(CCc1ccc(OCCC[Si]2(c3ccccc3)CCCC2)cc1)C(=O)OCC. The van der Waals surface area contributed by atoms with Crippen LogP contribution in [0, 0.1) is 5.92 Å². The molecule has 0 bridgehead atoms. The minimum absolute atomic E-state index is 0.246. The zero-order valence-corrected chi connectivity index (χ0v) is 21.6. The Hall–Kier alpha value is -2.60. The average Bonchev–Trinajstić information content (AvgIpc) is 3.34. The predicted molar refractivity (Wildman–Crippen MR) is 137 cm³/mol. The molecule has 0 saturated carbocycles. The second kappa shape index (κ2) is 13.3. The summed E-state index contributed by atoms with van der Waals surface area (Å²) in [5, 5.41) is 1.61. The van der Waals surface area contributed by atoms with Crippen LogP contribution in [0.5, 0.6) is 5.75 Å². The van der Waals surface area contributed by atoms with Crippen molar-refractivity contribution in [2.75, 3.05) is 19.8 Å². The lowest BCUT2D eigenvalue weighted by Gasteiger charge is -2.27. The van der Waals surface area contributed by atoms with Crippen LogP contribution >= 0.6 is 0 Å². The third kappa shape index (κ3) is 7.20. The van der Waals surface area contributed by atoms with Gasteiger partial charge in [0.05, 0.1) is 27.9 Å². The van der Waals surface area contributed by atoms with Gasteiger partial charge in [-0.05, 0) is 56.9 Å². The maximum absolute atomic E-state index is 12.1. The van der Waals surface area contributed by atoms with Crippen molar-refractivity contribution >= 4 is 25.2 Å². The van der Waals surface area contributed by atoms with Crippen molar-refractivity contribution in [2.24, 2.45) is 5.92 Å². The Balaban J connectivity index is 1.47. The lowest BCUT2D eigenvalue weighted by molar-refractivity contribution is -0.161. The van der Waals surface area contributed by atoms with E-state index in [2.05, 4.69) is 30.3 Å². The van der Waals surface area contributed by atoms with Gasteiger partial charge < -0.3 is 14.2 Å². The summed E-state index contributed by atoms with van der Waals surface area (Å²) in [7, 11) is -1.36. The molecular formula is C28H38O5Si. The smallest absolute Gasteiger partial charge is 0.320 e. The van der Waals surface area contributed by atoms with E-state index in [1.54, 1.807) is 19.0 Å². The number of ether oxygens (including phenoxy) is 3. The largest absolute Gasteiger partial charge is 0.494 e. The summed E-state index contributed by atoms with van der Waals surface area (Å²) in [6.45, 7) is 4.69. The van der Waals surface area contributed by atoms with E-state index in [-0.39, 0.29) is 13.2 Å². The number of carbonyl (C=O) groups is 2. The minimum Gasteiger partial charge on any atom is -0.494 e. The highest BCUT2D eigenvalue weighted by Gasteiger charge is 2.37. The van der Waals surface area contributed by atoms with E-state index in [1.807, 2.05) is 24.3 Å². The molecule has 0 spiro atoms. The van der Waals surface area contributed by atoms with Crippen LogP contribution in [0.4, 0.5) is 0 Å². The van der Waals surface area contributed by atoms with Crippen molar-refractivity contribution in [3.63, 3.8) is 0 Å². The van der Waals surface area contributed by atoms with Crippen LogP contribution < -0.4 is 9.92 Å². The lowest BCUT2D eigenvalue weighted by Crippen LogP contribution is -2.44. The molecule has 0 atom stereocenters. The van der Waals surface area contributed by atoms with E-state index in [0.717, 1.165) is 24.3 Å². The van der Waals surface area contributed by atoms with Crippen LogP contribution in [-0.4, -0.2) is 39.8 Å². The van der Waals surface area contributed by atoms with E-state index in [9.17, 15) is 9.59 Å². The van der Waals surface area contributed by atoms with Gasteiger partial charge in [-0.25, -0.2) is 0 Å². The molecule has 5 nitrogen and oxygen atoms in total. The Morgan fingerprint density at radius 3 is 2.09 bits per heavy atom. The van der Waals surface area contributed by atoms with Crippen LogP contribution in [-0.2, 0) is 25.5 Å². The highest BCUT2D eigenvalue weighted by atomic mass is 28.3.